The molecule has 0 aromatic heterocycles. The maximum Gasteiger partial charge on any atom is 0.219 e. The smallest absolute Gasteiger partial charge is 0.219 e. The molecule has 0 unspecified atom stereocenters. The molecule has 0 spiro atoms. The molecule has 0 bridgehead atoms. The van der Waals surface area contributed by atoms with Gasteiger partial charge in [0, 0.05) is 30.8 Å². The second-order valence-corrected chi connectivity index (χ2v) is 3.64. The first-order valence-electron chi connectivity index (χ1n) is 4.94. The number of piperidine rings is 1. The van der Waals surface area contributed by atoms with Crippen LogP contribution in [0.15, 0.2) is 5.11 Å². The monoisotopic (exact) mass is 210 g/mol. The Morgan fingerprint density at radius 1 is 1.47 bits per heavy atom. The van der Waals surface area contributed by atoms with Gasteiger partial charge in [-0.25, -0.2) is 0 Å². The standard InChI is InChI=1S/C9H14N4O2/c1-7(14)13-4-2-8(3-5-13)9(15)6-11-12-10/h8H,2-6H2,1H3. The minimum absolute atomic E-state index is 0.0176. The number of rotatable bonds is 3. The normalized spacial score (nSPS) is 17.0. The van der Waals surface area contributed by atoms with Crippen molar-refractivity contribution in [3.63, 3.8) is 0 Å². The van der Waals surface area contributed by atoms with Crippen LogP contribution in [0.2, 0.25) is 0 Å². The second-order valence-electron chi connectivity index (χ2n) is 3.64. The Kier molecular flexibility index (Phi) is 4.12. The molecule has 15 heavy (non-hydrogen) atoms. The van der Waals surface area contributed by atoms with Crippen LogP contribution in [0, 0.1) is 5.92 Å². The first-order valence-corrected chi connectivity index (χ1v) is 4.94. The van der Waals surface area contributed by atoms with E-state index in [1.807, 2.05) is 0 Å². The highest BCUT2D eigenvalue weighted by molar-refractivity contribution is 5.83. The summed E-state index contributed by atoms with van der Waals surface area (Å²) in [7, 11) is 0. The van der Waals surface area contributed by atoms with Gasteiger partial charge in [-0.15, -0.1) is 0 Å². The van der Waals surface area contributed by atoms with Gasteiger partial charge in [-0.2, -0.15) is 0 Å². The fourth-order valence-electron chi connectivity index (χ4n) is 1.75. The van der Waals surface area contributed by atoms with Crippen molar-refractivity contribution in [3.05, 3.63) is 10.4 Å². The van der Waals surface area contributed by atoms with E-state index in [2.05, 4.69) is 10.0 Å². The maximum absolute atomic E-state index is 11.5. The van der Waals surface area contributed by atoms with Crippen LogP contribution in [0.4, 0.5) is 0 Å². The third-order valence-electron chi connectivity index (χ3n) is 2.69. The highest BCUT2D eigenvalue weighted by Crippen LogP contribution is 2.18. The van der Waals surface area contributed by atoms with Gasteiger partial charge in [-0.1, -0.05) is 5.11 Å². The number of hydrogen-bond acceptors (Lipinski definition) is 3. The van der Waals surface area contributed by atoms with E-state index >= 15 is 0 Å². The van der Waals surface area contributed by atoms with E-state index in [1.54, 1.807) is 4.90 Å². The molecule has 1 aliphatic heterocycles. The van der Waals surface area contributed by atoms with Crippen LogP contribution >= 0.6 is 0 Å². The van der Waals surface area contributed by atoms with Gasteiger partial charge in [0.05, 0.1) is 6.54 Å². The summed E-state index contributed by atoms with van der Waals surface area (Å²) in [5, 5.41) is 3.25. The molecule has 1 fully saturated rings. The third kappa shape index (κ3) is 3.25. The number of ketones is 1. The van der Waals surface area contributed by atoms with E-state index in [1.165, 1.54) is 6.92 Å². The second kappa shape index (κ2) is 5.36. The summed E-state index contributed by atoms with van der Waals surface area (Å²) < 4.78 is 0. The molecule has 0 aromatic rings. The number of nitrogens with zero attached hydrogens (tertiary/aromatic N) is 4. The number of amides is 1. The number of carbonyl (C=O) groups excluding carboxylic acids is 2. The minimum Gasteiger partial charge on any atom is -0.343 e. The Morgan fingerprint density at radius 2 is 2.07 bits per heavy atom. The molecular weight excluding hydrogens is 196 g/mol. The molecule has 1 saturated heterocycles. The topological polar surface area (TPSA) is 86.1 Å². The van der Waals surface area contributed by atoms with Gasteiger partial charge >= 0.3 is 0 Å². The van der Waals surface area contributed by atoms with E-state index in [-0.39, 0.29) is 24.2 Å². The van der Waals surface area contributed by atoms with Gasteiger partial charge in [0.1, 0.15) is 5.78 Å². The molecule has 0 aliphatic carbocycles. The molecule has 1 aliphatic rings. The van der Waals surface area contributed by atoms with Crippen molar-refractivity contribution in [2.24, 2.45) is 11.0 Å². The highest BCUT2D eigenvalue weighted by atomic mass is 16.2. The molecule has 1 heterocycles. The van der Waals surface area contributed by atoms with Crippen molar-refractivity contribution < 1.29 is 9.59 Å². The van der Waals surface area contributed by atoms with Crippen LogP contribution in [0.5, 0.6) is 0 Å². The summed E-state index contributed by atoms with van der Waals surface area (Å²) in [6.07, 6.45) is 1.36. The fourth-order valence-corrected chi connectivity index (χ4v) is 1.75. The zero-order chi connectivity index (χ0) is 11.3. The molecule has 0 N–H and O–H groups in total. The fraction of sp³-hybridized carbons (Fsp3) is 0.778. The Labute approximate surface area is 87.9 Å². The lowest BCUT2D eigenvalue weighted by Crippen LogP contribution is -2.39. The number of likely N-dealkylation sites (tertiary alicyclic amines) is 1. The average molecular weight is 210 g/mol. The van der Waals surface area contributed by atoms with Crippen molar-refractivity contribution in [3.8, 4) is 0 Å². The van der Waals surface area contributed by atoms with Crippen molar-refractivity contribution in [1.82, 2.24) is 4.90 Å². The third-order valence-corrected chi connectivity index (χ3v) is 2.69. The lowest BCUT2D eigenvalue weighted by Gasteiger charge is -2.30. The van der Waals surface area contributed by atoms with Crippen LogP contribution < -0.4 is 0 Å². The maximum atomic E-state index is 11.5. The Balaban J connectivity index is 2.39. The molecule has 0 atom stereocenters. The zero-order valence-electron chi connectivity index (χ0n) is 8.72. The van der Waals surface area contributed by atoms with Gasteiger partial charge in [0.15, 0.2) is 0 Å². The van der Waals surface area contributed by atoms with Crippen molar-refractivity contribution in [2.75, 3.05) is 19.6 Å². The van der Waals surface area contributed by atoms with E-state index in [0.717, 1.165) is 0 Å². The summed E-state index contributed by atoms with van der Waals surface area (Å²) in [6, 6.07) is 0. The number of carbonyl (C=O) groups is 2. The van der Waals surface area contributed by atoms with E-state index in [0.29, 0.717) is 25.9 Å². The van der Waals surface area contributed by atoms with Crippen molar-refractivity contribution in [2.45, 2.75) is 19.8 Å². The summed E-state index contributed by atoms with van der Waals surface area (Å²) in [5.41, 5.74) is 8.08. The van der Waals surface area contributed by atoms with Crippen molar-refractivity contribution >= 4 is 11.7 Å². The van der Waals surface area contributed by atoms with Gasteiger partial charge in [0.2, 0.25) is 5.91 Å². The Morgan fingerprint density at radius 3 is 2.53 bits per heavy atom. The molecule has 1 amide bonds. The molecule has 0 saturated carbocycles. The van der Waals surface area contributed by atoms with Gasteiger partial charge < -0.3 is 4.90 Å². The quantitative estimate of drug-likeness (QED) is 0.397. The van der Waals surface area contributed by atoms with Crippen LogP contribution in [0.25, 0.3) is 10.4 Å². The summed E-state index contributed by atoms with van der Waals surface area (Å²) in [6.45, 7) is 2.72. The Hall–Kier alpha value is -1.55. The van der Waals surface area contributed by atoms with Gasteiger partial charge in [-0.05, 0) is 18.4 Å². The van der Waals surface area contributed by atoms with E-state index in [4.69, 9.17) is 5.53 Å². The molecule has 0 radical (unpaired) electrons. The minimum atomic E-state index is -0.0682. The van der Waals surface area contributed by atoms with Crippen LogP contribution in [0.3, 0.4) is 0 Å². The van der Waals surface area contributed by atoms with Gasteiger partial charge in [-0.3, -0.25) is 9.59 Å². The largest absolute Gasteiger partial charge is 0.343 e. The summed E-state index contributed by atoms with van der Waals surface area (Å²) >= 11 is 0. The number of hydrogen-bond donors (Lipinski definition) is 0. The summed E-state index contributed by atoms with van der Waals surface area (Å²) in [4.78, 5) is 26.8. The first-order chi connectivity index (χ1) is 7.15. The zero-order valence-corrected chi connectivity index (χ0v) is 8.72. The number of Topliss-reactive ketones (excluding diaryl/α,β-unsaturated/α-hetero) is 1. The molecule has 1 rings (SSSR count). The highest BCUT2D eigenvalue weighted by Gasteiger charge is 2.25. The Bertz CT molecular complexity index is 301. The van der Waals surface area contributed by atoms with Gasteiger partial charge in [0.25, 0.3) is 0 Å². The number of azide groups is 1. The molecular formula is C9H14N4O2. The lowest BCUT2D eigenvalue weighted by molar-refractivity contribution is -0.132. The van der Waals surface area contributed by atoms with Crippen LogP contribution in [0.1, 0.15) is 19.8 Å². The first kappa shape index (κ1) is 11.5. The molecule has 6 heteroatoms. The van der Waals surface area contributed by atoms with E-state index < -0.39 is 0 Å². The predicted octanol–water partition coefficient (Wildman–Crippen LogP) is 1.12. The van der Waals surface area contributed by atoms with Crippen LogP contribution in [-0.2, 0) is 9.59 Å². The predicted molar refractivity (Wildman–Crippen MR) is 54.0 cm³/mol. The molecule has 0 aromatic carbocycles. The van der Waals surface area contributed by atoms with E-state index in [9.17, 15) is 9.59 Å². The lowest BCUT2D eigenvalue weighted by atomic mass is 9.92. The van der Waals surface area contributed by atoms with Crippen molar-refractivity contribution in [1.29, 1.82) is 0 Å². The summed E-state index contributed by atoms with van der Waals surface area (Å²) in [5.74, 6) is -0.0157. The van der Waals surface area contributed by atoms with Crippen LogP contribution in [-0.4, -0.2) is 36.2 Å². The molecule has 82 valence electrons. The average Bonchev–Trinajstić information content (AvgIpc) is 2.26. The molecule has 6 nitrogen and oxygen atoms in total. The SMILES string of the molecule is CC(=O)N1CCC(C(=O)CN=[N+]=[N-])CC1.